The molecule has 1 amide bonds. The molecule has 5 heteroatoms. The van der Waals surface area contributed by atoms with E-state index in [4.69, 9.17) is 5.11 Å². The maximum atomic E-state index is 12.8. The molecule has 2 rings (SSSR count). The fraction of sp³-hybridized carbons (Fsp3) is 0.625. The number of rotatable bonds is 7. The number of carbonyl (C=O) groups excluding carboxylic acids is 1. The molecule has 0 radical (unpaired) electrons. The van der Waals surface area contributed by atoms with Crippen molar-refractivity contribution in [2.45, 2.75) is 45.1 Å². The number of aromatic nitrogens is 1. The van der Waals surface area contributed by atoms with Crippen molar-refractivity contribution in [3.63, 3.8) is 0 Å². The molecule has 1 saturated heterocycles. The van der Waals surface area contributed by atoms with Crippen LogP contribution in [0.4, 0.5) is 5.69 Å². The van der Waals surface area contributed by atoms with Gasteiger partial charge in [0.2, 0.25) is 0 Å². The Balaban J connectivity index is 2.11. The van der Waals surface area contributed by atoms with Crippen LogP contribution in [0.3, 0.4) is 0 Å². The first kappa shape index (κ1) is 15.8. The zero-order valence-electron chi connectivity index (χ0n) is 12.7. The van der Waals surface area contributed by atoms with E-state index in [1.165, 1.54) is 0 Å². The smallest absolute Gasteiger partial charge is 0.257 e. The van der Waals surface area contributed by atoms with E-state index >= 15 is 0 Å². The Labute approximate surface area is 126 Å². The first-order valence-corrected chi connectivity index (χ1v) is 7.87. The van der Waals surface area contributed by atoms with Crippen molar-refractivity contribution in [2.24, 2.45) is 0 Å². The van der Waals surface area contributed by atoms with Gasteiger partial charge in [0, 0.05) is 38.1 Å². The maximum absolute atomic E-state index is 12.8. The lowest BCUT2D eigenvalue weighted by atomic mass is 10.1. The van der Waals surface area contributed by atoms with Crippen LogP contribution in [0.15, 0.2) is 18.5 Å². The number of carbonyl (C=O) groups is 1. The summed E-state index contributed by atoms with van der Waals surface area (Å²) in [5.74, 6) is 0.0575. The number of hydrogen-bond donors (Lipinski definition) is 2. The summed E-state index contributed by atoms with van der Waals surface area (Å²) in [6.07, 6.45) is 8.08. The monoisotopic (exact) mass is 291 g/mol. The van der Waals surface area contributed by atoms with Crippen molar-refractivity contribution in [1.82, 2.24) is 9.88 Å². The second kappa shape index (κ2) is 7.98. The average molecular weight is 291 g/mol. The third kappa shape index (κ3) is 3.94. The number of aliphatic hydroxyl groups is 1. The highest BCUT2D eigenvalue weighted by atomic mass is 16.3. The molecule has 0 spiro atoms. The third-order valence-electron chi connectivity index (χ3n) is 3.95. The van der Waals surface area contributed by atoms with E-state index in [-0.39, 0.29) is 18.6 Å². The van der Waals surface area contributed by atoms with Gasteiger partial charge in [-0.1, -0.05) is 6.92 Å². The largest absolute Gasteiger partial charge is 0.396 e. The zero-order valence-corrected chi connectivity index (χ0v) is 12.7. The molecular formula is C16H25N3O2. The molecule has 1 aromatic rings. The molecule has 2 N–H and O–H groups in total. The minimum atomic E-state index is 0.0575. The van der Waals surface area contributed by atoms with Crippen LogP contribution in [0.2, 0.25) is 0 Å². The van der Waals surface area contributed by atoms with E-state index < -0.39 is 0 Å². The summed E-state index contributed by atoms with van der Waals surface area (Å²) < 4.78 is 0. The van der Waals surface area contributed by atoms with Gasteiger partial charge in [-0.25, -0.2) is 0 Å². The SMILES string of the molecule is CCCNc1ccncc1C(=O)N1CCCC1CCCO. The molecular weight excluding hydrogens is 266 g/mol. The molecule has 1 aliphatic rings. The summed E-state index contributed by atoms with van der Waals surface area (Å²) in [6, 6.07) is 2.12. The van der Waals surface area contributed by atoms with Crippen molar-refractivity contribution in [3.05, 3.63) is 24.0 Å². The highest BCUT2D eigenvalue weighted by Gasteiger charge is 2.30. The number of likely N-dealkylation sites (tertiary alicyclic amines) is 1. The summed E-state index contributed by atoms with van der Waals surface area (Å²) >= 11 is 0. The number of hydrogen-bond acceptors (Lipinski definition) is 4. The number of nitrogens with zero attached hydrogens (tertiary/aromatic N) is 2. The van der Waals surface area contributed by atoms with E-state index in [1.54, 1.807) is 12.4 Å². The summed E-state index contributed by atoms with van der Waals surface area (Å²) in [7, 11) is 0. The second-order valence-corrected chi connectivity index (χ2v) is 5.51. The Morgan fingerprint density at radius 2 is 2.43 bits per heavy atom. The highest BCUT2D eigenvalue weighted by Crippen LogP contribution is 2.25. The van der Waals surface area contributed by atoms with E-state index in [2.05, 4.69) is 17.2 Å². The normalized spacial score (nSPS) is 18.0. The zero-order chi connectivity index (χ0) is 15.1. The van der Waals surface area contributed by atoms with Crippen LogP contribution in [0.5, 0.6) is 0 Å². The Kier molecular flexibility index (Phi) is 5.99. The molecule has 1 atom stereocenters. The lowest BCUT2D eigenvalue weighted by Crippen LogP contribution is -2.36. The highest BCUT2D eigenvalue weighted by molar-refractivity contribution is 5.99. The molecule has 0 aliphatic carbocycles. The topological polar surface area (TPSA) is 65.5 Å². The minimum Gasteiger partial charge on any atom is -0.396 e. The standard InChI is InChI=1S/C16H25N3O2/c1-2-8-18-15-7-9-17-12-14(15)16(21)19-10-3-5-13(19)6-4-11-20/h7,9,12-13,20H,2-6,8,10-11H2,1H3,(H,17,18). The minimum absolute atomic E-state index is 0.0575. The van der Waals surface area contributed by atoms with Crippen LogP contribution in [-0.4, -0.2) is 46.6 Å². The predicted molar refractivity (Wildman–Crippen MR) is 83.4 cm³/mol. The molecule has 2 heterocycles. The van der Waals surface area contributed by atoms with Gasteiger partial charge in [0.25, 0.3) is 5.91 Å². The molecule has 116 valence electrons. The summed E-state index contributed by atoms with van der Waals surface area (Å²) in [6.45, 7) is 3.94. The van der Waals surface area contributed by atoms with Crippen LogP contribution >= 0.6 is 0 Å². The number of pyridine rings is 1. The second-order valence-electron chi connectivity index (χ2n) is 5.51. The van der Waals surface area contributed by atoms with E-state index in [9.17, 15) is 4.79 Å². The molecule has 1 aromatic heterocycles. The Bertz CT molecular complexity index is 465. The Hall–Kier alpha value is -1.62. The van der Waals surface area contributed by atoms with Gasteiger partial charge < -0.3 is 15.3 Å². The fourth-order valence-electron chi connectivity index (χ4n) is 2.86. The van der Waals surface area contributed by atoms with Crippen LogP contribution in [0, 0.1) is 0 Å². The van der Waals surface area contributed by atoms with Crippen molar-refractivity contribution >= 4 is 11.6 Å². The first-order valence-electron chi connectivity index (χ1n) is 7.87. The van der Waals surface area contributed by atoms with Crippen molar-refractivity contribution in [3.8, 4) is 0 Å². The molecule has 5 nitrogen and oxygen atoms in total. The van der Waals surface area contributed by atoms with Gasteiger partial charge in [0.15, 0.2) is 0 Å². The number of aliphatic hydroxyl groups excluding tert-OH is 1. The van der Waals surface area contributed by atoms with Crippen molar-refractivity contribution < 1.29 is 9.90 Å². The summed E-state index contributed by atoms with van der Waals surface area (Å²) in [5, 5.41) is 12.3. The van der Waals surface area contributed by atoms with Crippen LogP contribution < -0.4 is 5.32 Å². The number of nitrogens with one attached hydrogen (secondary N) is 1. The van der Waals surface area contributed by atoms with Gasteiger partial charge in [-0.15, -0.1) is 0 Å². The van der Waals surface area contributed by atoms with E-state index in [0.717, 1.165) is 50.9 Å². The third-order valence-corrected chi connectivity index (χ3v) is 3.95. The average Bonchev–Trinajstić information content (AvgIpc) is 2.99. The van der Waals surface area contributed by atoms with Gasteiger partial charge in [0.1, 0.15) is 0 Å². The van der Waals surface area contributed by atoms with Crippen LogP contribution in [0.25, 0.3) is 0 Å². The van der Waals surface area contributed by atoms with Crippen molar-refractivity contribution in [2.75, 3.05) is 25.0 Å². The van der Waals surface area contributed by atoms with Crippen LogP contribution in [-0.2, 0) is 0 Å². The summed E-state index contributed by atoms with van der Waals surface area (Å²) in [5.41, 5.74) is 1.52. The van der Waals surface area contributed by atoms with Gasteiger partial charge >= 0.3 is 0 Å². The molecule has 1 aliphatic heterocycles. The van der Waals surface area contributed by atoms with Gasteiger partial charge in [0.05, 0.1) is 11.3 Å². The molecule has 21 heavy (non-hydrogen) atoms. The van der Waals surface area contributed by atoms with E-state index in [1.807, 2.05) is 11.0 Å². The van der Waals surface area contributed by atoms with Gasteiger partial charge in [-0.05, 0) is 38.2 Å². The first-order chi connectivity index (χ1) is 10.3. The Morgan fingerprint density at radius 1 is 1.57 bits per heavy atom. The fourth-order valence-corrected chi connectivity index (χ4v) is 2.86. The lowest BCUT2D eigenvalue weighted by Gasteiger charge is -2.25. The molecule has 1 fully saturated rings. The molecule has 0 aromatic carbocycles. The Morgan fingerprint density at radius 3 is 3.19 bits per heavy atom. The lowest BCUT2D eigenvalue weighted by molar-refractivity contribution is 0.0725. The molecule has 0 bridgehead atoms. The molecule has 1 unspecified atom stereocenters. The van der Waals surface area contributed by atoms with Gasteiger partial charge in [-0.2, -0.15) is 0 Å². The predicted octanol–water partition coefficient (Wildman–Crippen LogP) is 2.28. The van der Waals surface area contributed by atoms with E-state index in [0.29, 0.717) is 5.56 Å². The molecule has 0 saturated carbocycles. The van der Waals surface area contributed by atoms with Gasteiger partial charge in [-0.3, -0.25) is 9.78 Å². The maximum Gasteiger partial charge on any atom is 0.257 e. The number of anilines is 1. The van der Waals surface area contributed by atoms with Crippen LogP contribution in [0.1, 0.15) is 49.4 Å². The summed E-state index contributed by atoms with van der Waals surface area (Å²) in [4.78, 5) is 18.8. The number of amides is 1. The van der Waals surface area contributed by atoms with Crippen molar-refractivity contribution in [1.29, 1.82) is 0 Å². The quantitative estimate of drug-likeness (QED) is 0.809.